The summed E-state index contributed by atoms with van der Waals surface area (Å²) in [5, 5.41) is 20.0. The second-order valence-electron chi connectivity index (χ2n) is 7.78. The van der Waals surface area contributed by atoms with E-state index in [2.05, 4.69) is 9.97 Å². The van der Waals surface area contributed by atoms with Crippen molar-refractivity contribution in [3.63, 3.8) is 0 Å². The smallest absolute Gasteiger partial charge is 0.239 e. The third kappa shape index (κ3) is 6.65. The van der Waals surface area contributed by atoms with Gasteiger partial charge in [-0.25, -0.2) is 27.1 Å². The van der Waals surface area contributed by atoms with E-state index in [0.717, 1.165) is 10.6 Å². The van der Waals surface area contributed by atoms with E-state index >= 15 is 0 Å². The number of benzene rings is 1. The number of hydrogen-bond acceptors (Lipinski definition) is 7. The van der Waals surface area contributed by atoms with Crippen LogP contribution < -0.4 is 4.31 Å². The van der Waals surface area contributed by atoms with Crippen molar-refractivity contribution in [3.05, 3.63) is 47.4 Å². The van der Waals surface area contributed by atoms with E-state index < -0.39 is 28.0 Å². The zero-order chi connectivity index (χ0) is 24.1. The van der Waals surface area contributed by atoms with Gasteiger partial charge in [0.05, 0.1) is 29.9 Å². The summed E-state index contributed by atoms with van der Waals surface area (Å²) >= 11 is 0. The second kappa shape index (κ2) is 10.8. The molecule has 1 heterocycles. The molecule has 2 aromatic rings. The molecule has 8 nitrogen and oxygen atoms in total. The number of aliphatic hydroxyl groups excluding tert-OH is 2. The van der Waals surface area contributed by atoms with Gasteiger partial charge in [0.15, 0.2) is 0 Å². The lowest BCUT2D eigenvalue weighted by Crippen LogP contribution is -2.27. The first-order chi connectivity index (χ1) is 14.9. The molecular weight excluding hydrogens is 437 g/mol. The summed E-state index contributed by atoms with van der Waals surface area (Å²) in [6.45, 7) is 3.76. The van der Waals surface area contributed by atoms with Gasteiger partial charge in [0.25, 0.3) is 0 Å². The molecule has 0 amide bonds. The van der Waals surface area contributed by atoms with Crippen LogP contribution in [0.5, 0.6) is 0 Å². The molecule has 174 valence electrons. The number of anilines is 1. The van der Waals surface area contributed by atoms with Gasteiger partial charge in [-0.1, -0.05) is 26.0 Å². The minimum Gasteiger partial charge on any atom is -0.393 e. The molecule has 0 fully saturated rings. The van der Waals surface area contributed by atoms with E-state index in [0.29, 0.717) is 28.8 Å². The summed E-state index contributed by atoms with van der Waals surface area (Å²) in [7, 11) is -2.28. The molecule has 1 aromatic heterocycles. The van der Waals surface area contributed by atoms with Crippen LogP contribution in [0.3, 0.4) is 0 Å². The normalized spacial score (nSPS) is 14.0. The number of carbonyl (C=O) groups excluding carboxylic acids is 1. The number of carbonyl (C=O) groups is 1. The Balaban J connectivity index is 2.65. The van der Waals surface area contributed by atoms with Crippen molar-refractivity contribution in [2.24, 2.45) is 0 Å². The fraction of sp³-hybridized carbons (Fsp3) is 0.409. The molecule has 1 unspecified atom stereocenters. The largest absolute Gasteiger partial charge is 0.393 e. The van der Waals surface area contributed by atoms with Gasteiger partial charge in [-0.15, -0.1) is 0 Å². The maximum Gasteiger partial charge on any atom is 0.239 e. The lowest BCUT2D eigenvalue weighted by atomic mass is 9.97. The molecule has 10 heteroatoms. The van der Waals surface area contributed by atoms with Crippen molar-refractivity contribution >= 4 is 28.3 Å². The summed E-state index contributed by atoms with van der Waals surface area (Å²) in [6.07, 6.45) is 2.53. The highest BCUT2D eigenvalue weighted by atomic mass is 32.2. The van der Waals surface area contributed by atoms with Gasteiger partial charge < -0.3 is 15.0 Å². The molecule has 0 bridgehead atoms. The van der Waals surface area contributed by atoms with Crippen LogP contribution in [0.4, 0.5) is 10.3 Å². The van der Waals surface area contributed by atoms with Crippen LogP contribution >= 0.6 is 0 Å². The molecule has 0 radical (unpaired) electrons. The average Bonchev–Trinajstić information content (AvgIpc) is 2.71. The second-order valence-corrected chi connectivity index (χ2v) is 9.80. The van der Waals surface area contributed by atoms with E-state index in [1.165, 1.54) is 37.4 Å². The third-order valence-corrected chi connectivity index (χ3v) is 5.93. The van der Waals surface area contributed by atoms with Crippen LogP contribution in [0.2, 0.25) is 0 Å². The average molecular weight is 466 g/mol. The maximum atomic E-state index is 13.5. The van der Waals surface area contributed by atoms with Crippen LogP contribution in [-0.2, 0) is 14.8 Å². The molecule has 2 atom stereocenters. The van der Waals surface area contributed by atoms with Crippen molar-refractivity contribution in [1.82, 2.24) is 9.97 Å². The predicted molar refractivity (Wildman–Crippen MR) is 121 cm³/mol. The summed E-state index contributed by atoms with van der Waals surface area (Å²) in [4.78, 5) is 19.4. The van der Waals surface area contributed by atoms with Gasteiger partial charge in [0.1, 0.15) is 12.1 Å². The van der Waals surface area contributed by atoms with E-state index in [9.17, 15) is 27.8 Å². The predicted octanol–water partition coefficient (Wildman–Crippen LogP) is 2.52. The highest BCUT2D eigenvalue weighted by molar-refractivity contribution is 7.92. The van der Waals surface area contributed by atoms with Crippen molar-refractivity contribution in [2.75, 3.05) is 17.6 Å². The van der Waals surface area contributed by atoms with Crippen LogP contribution in [0.15, 0.2) is 30.3 Å². The minimum absolute atomic E-state index is 0.0328. The number of aromatic nitrogens is 2. The fourth-order valence-corrected chi connectivity index (χ4v) is 3.35. The van der Waals surface area contributed by atoms with Crippen LogP contribution in [0, 0.1) is 5.82 Å². The van der Waals surface area contributed by atoms with Gasteiger partial charge in [-0.2, -0.15) is 0 Å². The third-order valence-electron chi connectivity index (χ3n) is 4.77. The molecule has 32 heavy (non-hydrogen) atoms. The van der Waals surface area contributed by atoms with Crippen LogP contribution in [0.25, 0.3) is 17.3 Å². The number of aliphatic hydroxyl groups is 2. The standard InChI is InChI=1S/C22H28FN3O5S/c1-14(2)20-19(10-9-17(28)13-18(29)11-12-27)21(15-5-7-16(23)8-6-15)25-22(24-20)26(3)32(4,30)31/h5-10,12,14,17-18,28-29H,11,13H2,1-4H3/b10-9+/t17-,18?/m1/s1. The zero-order valence-corrected chi connectivity index (χ0v) is 19.3. The molecule has 2 N–H and O–H groups in total. The highest BCUT2D eigenvalue weighted by Gasteiger charge is 2.22. The molecular formula is C22H28FN3O5S. The number of hydrogen-bond donors (Lipinski definition) is 2. The maximum absolute atomic E-state index is 13.5. The molecule has 0 aliphatic heterocycles. The Hall–Kier alpha value is -2.69. The molecule has 0 saturated heterocycles. The zero-order valence-electron chi connectivity index (χ0n) is 18.4. The Morgan fingerprint density at radius 1 is 1.16 bits per heavy atom. The number of sulfonamides is 1. The number of aldehydes is 1. The van der Waals surface area contributed by atoms with Crippen molar-refractivity contribution < 1.29 is 27.8 Å². The van der Waals surface area contributed by atoms with Crippen LogP contribution in [-0.4, -0.2) is 60.4 Å². The van der Waals surface area contributed by atoms with Crippen molar-refractivity contribution in [1.29, 1.82) is 0 Å². The van der Waals surface area contributed by atoms with Crippen molar-refractivity contribution in [3.8, 4) is 11.3 Å². The summed E-state index contributed by atoms with van der Waals surface area (Å²) in [5.74, 6) is -0.604. The van der Waals surface area contributed by atoms with Crippen LogP contribution in [0.1, 0.15) is 43.9 Å². The van der Waals surface area contributed by atoms with Gasteiger partial charge in [0, 0.05) is 31.0 Å². The summed E-state index contributed by atoms with van der Waals surface area (Å²) in [6, 6.07) is 5.58. The van der Waals surface area contributed by atoms with E-state index in [1.54, 1.807) is 6.08 Å². The minimum atomic E-state index is -3.63. The van der Waals surface area contributed by atoms with E-state index in [1.807, 2.05) is 13.8 Å². The summed E-state index contributed by atoms with van der Waals surface area (Å²) < 4.78 is 38.6. The Kier molecular flexibility index (Phi) is 8.59. The summed E-state index contributed by atoms with van der Waals surface area (Å²) in [5.41, 5.74) is 1.96. The number of halogens is 1. The topological polar surface area (TPSA) is 121 Å². The van der Waals surface area contributed by atoms with Gasteiger partial charge in [0.2, 0.25) is 16.0 Å². The van der Waals surface area contributed by atoms with Gasteiger partial charge in [-0.05, 0) is 30.2 Å². The van der Waals surface area contributed by atoms with Gasteiger partial charge >= 0.3 is 0 Å². The first-order valence-electron chi connectivity index (χ1n) is 10.0. The number of rotatable bonds is 10. The highest BCUT2D eigenvalue weighted by Crippen LogP contribution is 2.31. The van der Waals surface area contributed by atoms with Crippen molar-refractivity contribution in [2.45, 2.75) is 44.8 Å². The molecule has 0 spiro atoms. The lowest BCUT2D eigenvalue weighted by molar-refractivity contribution is -0.109. The molecule has 0 saturated carbocycles. The molecule has 0 aliphatic rings. The Labute approximate surface area is 187 Å². The Morgan fingerprint density at radius 2 is 1.78 bits per heavy atom. The Bertz CT molecular complexity index is 1070. The van der Waals surface area contributed by atoms with E-state index in [-0.39, 0.29) is 24.7 Å². The molecule has 2 rings (SSSR count). The first kappa shape index (κ1) is 25.6. The Morgan fingerprint density at radius 3 is 2.31 bits per heavy atom. The van der Waals surface area contributed by atoms with Gasteiger partial charge in [-0.3, -0.25) is 0 Å². The quantitative estimate of drug-likeness (QED) is 0.517. The fourth-order valence-electron chi connectivity index (χ4n) is 2.97. The lowest BCUT2D eigenvalue weighted by Gasteiger charge is -2.20. The monoisotopic (exact) mass is 465 g/mol. The molecule has 1 aromatic carbocycles. The first-order valence-corrected chi connectivity index (χ1v) is 11.9. The number of nitrogens with zero attached hydrogens (tertiary/aromatic N) is 3. The van der Waals surface area contributed by atoms with E-state index in [4.69, 9.17) is 0 Å². The molecule has 0 aliphatic carbocycles. The SMILES string of the molecule is CC(C)c1nc(N(C)S(C)(=O)=O)nc(-c2ccc(F)cc2)c1/C=C/[C@@H](O)CC(O)CC=O.